The third-order valence-electron chi connectivity index (χ3n) is 7.08. The van der Waals surface area contributed by atoms with Crippen LogP contribution >= 0.6 is 0 Å². The van der Waals surface area contributed by atoms with Crippen LogP contribution in [0.3, 0.4) is 0 Å². The summed E-state index contributed by atoms with van der Waals surface area (Å²) in [5.74, 6) is -2.22. The maximum Gasteiger partial charge on any atom is 0.328 e. The zero-order valence-electron chi connectivity index (χ0n) is 22.1. The highest BCUT2D eigenvalue weighted by molar-refractivity contribution is 5.81. The molecule has 0 unspecified atom stereocenters. The van der Waals surface area contributed by atoms with Crippen LogP contribution in [0.4, 0.5) is 0 Å². The van der Waals surface area contributed by atoms with Gasteiger partial charge in [0, 0.05) is 30.9 Å². The molecular weight excluding hydrogens is 460 g/mol. The second-order valence-corrected chi connectivity index (χ2v) is 10.4. The van der Waals surface area contributed by atoms with Gasteiger partial charge in [-0.05, 0) is 50.5 Å². The van der Waals surface area contributed by atoms with Crippen LogP contribution in [-0.4, -0.2) is 51.4 Å². The van der Waals surface area contributed by atoms with Crippen molar-refractivity contribution >= 4 is 11.9 Å². The minimum absolute atomic E-state index is 0.0103. The summed E-state index contributed by atoms with van der Waals surface area (Å²) in [5, 5.41) is 27.9. The normalized spacial score (nSPS) is 31.9. The lowest BCUT2D eigenvalue weighted by Crippen LogP contribution is -2.51. The van der Waals surface area contributed by atoms with Gasteiger partial charge in [0.1, 0.15) is 0 Å². The lowest BCUT2D eigenvalue weighted by atomic mass is 9.83. The van der Waals surface area contributed by atoms with E-state index >= 15 is 0 Å². The topological polar surface area (TPSA) is 113 Å². The monoisotopic (exact) mass is 502 g/mol. The van der Waals surface area contributed by atoms with Gasteiger partial charge in [0.15, 0.2) is 5.79 Å². The number of aliphatic carboxylic acids is 2. The SMILES string of the molecule is CC(/C=C/[C@H](O)[C@@H](C)/C=C/C(=O)O)=C\C[C@H]1O[C@]2(CC[C@@H](C)[C@@H](/C=C/C(C)=C/C(=O)O)O2)CC[C@@H]1C. The van der Waals surface area contributed by atoms with Crippen molar-refractivity contribution in [1.29, 1.82) is 0 Å². The Morgan fingerprint density at radius 3 is 2.25 bits per heavy atom. The molecule has 7 atom stereocenters. The van der Waals surface area contributed by atoms with Gasteiger partial charge in [0.25, 0.3) is 0 Å². The van der Waals surface area contributed by atoms with Gasteiger partial charge in [0.2, 0.25) is 0 Å². The zero-order chi connectivity index (χ0) is 26.9. The quantitative estimate of drug-likeness (QED) is 0.270. The maximum absolute atomic E-state index is 10.9. The number of aliphatic hydroxyl groups excluding tert-OH is 1. The number of ether oxygens (including phenoxy) is 2. The summed E-state index contributed by atoms with van der Waals surface area (Å²) in [6.07, 6.45) is 16.6. The minimum Gasteiger partial charge on any atom is -0.478 e. The van der Waals surface area contributed by atoms with Crippen LogP contribution in [0.25, 0.3) is 0 Å². The molecule has 2 heterocycles. The first-order valence-corrected chi connectivity index (χ1v) is 12.8. The van der Waals surface area contributed by atoms with Gasteiger partial charge in [-0.25, -0.2) is 9.59 Å². The summed E-state index contributed by atoms with van der Waals surface area (Å²) < 4.78 is 13.1. The van der Waals surface area contributed by atoms with E-state index in [9.17, 15) is 14.7 Å². The lowest BCUT2D eigenvalue weighted by Gasteiger charge is -2.49. The molecule has 0 bridgehead atoms. The van der Waals surface area contributed by atoms with Crippen LogP contribution in [0.15, 0.2) is 59.8 Å². The van der Waals surface area contributed by atoms with Crippen LogP contribution < -0.4 is 0 Å². The summed E-state index contributed by atoms with van der Waals surface area (Å²) >= 11 is 0. The first kappa shape index (κ1) is 29.7. The van der Waals surface area contributed by atoms with Gasteiger partial charge in [-0.2, -0.15) is 0 Å². The molecular formula is C29H42O7. The van der Waals surface area contributed by atoms with E-state index in [-0.39, 0.29) is 18.1 Å². The van der Waals surface area contributed by atoms with E-state index in [2.05, 4.69) is 19.9 Å². The highest BCUT2D eigenvalue weighted by Crippen LogP contribution is 2.43. The predicted molar refractivity (Wildman–Crippen MR) is 139 cm³/mol. The molecule has 7 nitrogen and oxygen atoms in total. The molecule has 2 saturated heterocycles. The molecule has 0 radical (unpaired) electrons. The van der Waals surface area contributed by atoms with Gasteiger partial charge in [0.05, 0.1) is 18.3 Å². The number of allylic oxidation sites excluding steroid dienone is 4. The van der Waals surface area contributed by atoms with E-state index in [1.54, 1.807) is 19.9 Å². The average Bonchev–Trinajstić information content (AvgIpc) is 2.81. The molecule has 0 saturated carbocycles. The standard InChI is InChI=1S/C29H42O7/c1-19(6-10-24(30)21(3)9-13-27(31)32)7-11-25-22(4)14-16-29(35-25)17-15-23(5)26(36-29)12-8-20(2)18-28(33)34/h6-10,12-13,18,21-26,30H,11,14-17H2,1-5H3,(H,31,32)(H,33,34)/b10-6+,12-8+,13-9+,19-7+,20-18+/t21-,22-,23+,24-,25+,26+,29+/m0/s1. The van der Waals surface area contributed by atoms with Gasteiger partial charge in [-0.3, -0.25) is 0 Å². The fraction of sp³-hybridized carbons (Fsp3) is 0.586. The van der Waals surface area contributed by atoms with Crippen molar-refractivity contribution in [3.8, 4) is 0 Å². The van der Waals surface area contributed by atoms with E-state index in [4.69, 9.17) is 19.7 Å². The highest BCUT2D eigenvalue weighted by Gasteiger charge is 2.45. The highest BCUT2D eigenvalue weighted by atomic mass is 16.7. The van der Waals surface area contributed by atoms with Crippen molar-refractivity contribution in [2.75, 3.05) is 0 Å². The first-order valence-electron chi connectivity index (χ1n) is 12.8. The molecule has 2 aliphatic rings. The summed E-state index contributed by atoms with van der Waals surface area (Å²) in [4.78, 5) is 21.5. The van der Waals surface area contributed by atoms with Crippen LogP contribution in [-0.2, 0) is 19.1 Å². The lowest BCUT2D eigenvalue weighted by molar-refractivity contribution is -0.323. The van der Waals surface area contributed by atoms with Crippen molar-refractivity contribution < 1.29 is 34.4 Å². The molecule has 0 aliphatic carbocycles. The zero-order valence-corrected chi connectivity index (χ0v) is 22.1. The number of carbonyl (C=O) groups is 2. The summed E-state index contributed by atoms with van der Waals surface area (Å²) in [6.45, 7) is 9.84. The van der Waals surface area contributed by atoms with Crippen molar-refractivity contribution in [2.45, 2.75) is 90.8 Å². The Labute approximate surface area is 214 Å². The van der Waals surface area contributed by atoms with Crippen LogP contribution in [0.2, 0.25) is 0 Å². The van der Waals surface area contributed by atoms with Crippen molar-refractivity contribution in [3.05, 3.63) is 59.8 Å². The molecule has 2 aliphatic heterocycles. The molecule has 0 amide bonds. The Kier molecular flexibility index (Phi) is 11.3. The molecule has 2 rings (SSSR count). The Hall–Kier alpha value is -2.48. The summed E-state index contributed by atoms with van der Waals surface area (Å²) in [5.41, 5.74) is 1.67. The number of rotatable bonds is 10. The summed E-state index contributed by atoms with van der Waals surface area (Å²) in [6, 6.07) is 0. The van der Waals surface area contributed by atoms with Crippen molar-refractivity contribution in [3.63, 3.8) is 0 Å². The summed E-state index contributed by atoms with van der Waals surface area (Å²) in [7, 11) is 0. The molecule has 200 valence electrons. The molecule has 36 heavy (non-hydrogen) atoms. The van der Waals surface area contributed by atoms with Crippen LogP contribution in [0.1, 0.15) is 66.7 Å². The van der Waals surface area contributed by atoms with Crippen LogP contribution in [0, 0.1) is 17.8 Å². The predicted octanol–water partition coefficient (Wildman–Crippen LogP) is 5.43. The number of hydrogen-bond acceptors (Lipinski definition) is 5. The number of aliphatic hydroxyl groups is 1. The average molecular weight is 503 g/mol. The Balaban J connectivity index is 2.01. The molecule has 7 heteroatoms. The van der Waals surface area contributed by atoms with Gasteiger partial charge < -0.3 is 24.8 Å². The second-order valence-electron chi connectivity index (χ2n) is 10.4. The molecule has 0 aromatic rings. The van der Waals surface area contributed by atoms with Crippen molar-refractivity contribution in [1.82, 2.24) is 0 Å². The second kappa shape index (κ2) is 13.7. The fourth-order valence-corrected chi connectivity index (χ4v) is 4.53. The van der Waals surface area contributed by atoms with Gasteiger partial charge in [-0.1, -0.05) is 62.8 Å². The molecule has 0 aromatic carbocycles. The number of carboxylic acids is 2. The molecule has 3 N–H and O–H groups in total. The van der Waals surface area contributed by atoms with E-state index in [0.29, 0.717) is 17.4 Å². The largest absolute Gasteiger partial charge is 0.478 e. The van der Waals surface area contributed by atoms with E-state index in [1.165, 1.54) is 12.2 Å². The molecule has 0 aromatic heterocycles. The molecule has 2 fully saturated rings. The maximum atomic E-state index is 10.9. The number of hydrogen-bond donors (Lipinski definition) is 3. The van der Waals surface area contributed by atoms with E-state index in [0.717, 1.165) is 43.8 Å². The first-order chi connectivity index (χ1) is 16.9. The van der Waals surface area contributed by atoms with Crippen molar-refractivity contribution in [2.24, 2.45) is 17.8 Å². The Bertz CT molecular complexity index is 909. The molecule has 1 spiro atoms. The van der Waals surface area contributed by atoms with E-state index in [1.807, 2.05) is 25.2 Å². The fourth-order valence-electron chi connectivity index (χ4n) is 4.53. The van der Waals surface area contributed by atoms with Gasteiger partial charge >= 0.3 is 11.9 Å². The minimum atomic E-state index is -1.03. The number of carboxylic acid groups (broad SMARTS) is 2. The Morgan fingerprint density at radius 2 is 1.61 bits per heavy atom. The van der Waals surface area contributed by atoms with Crippen LogP contribution in [0.5, 0.6) is 0 Å². The third kappa shape index (κ3) is 9.52. The Morgan fingerprint density at radius 1 is 0.944 bits per heavy atom. The third-order valence-corrected chi connectivity index (χ3v) is 7.08. The smallest absolute Gasteiger partial charge is 0.328 e. The van der Waals surface area contributed by atoms with E-state index < -0.39 is 23.8 Å². The van der Waals surface area contributed by atoms with Gasteiger partial charge in [-0.15, -0.1) is 0 Å².